The molecular weight excluding hydrogens is 231 g/mol. The van der Waals surface area contributed by atoms with Gasteiger partial charge in [0.25, 0.3) is 0 Å². The van der Waals surface area contributed by atoms with Crippen molar-refractivity contribution in [2.75, 3.05) is 5.32 Å². The predicted molar refractivity (Wildman–Crippen MR) is 68.7 cm³/mol. The Labute approximate surface area is 104 Å². The zero-order valence-electron chi connectivity index (χ0n) is 9.69. The lowest BCUT2D eigenvalue weighted by molar-refractivity contribution is 0.1000. The van der Waals surface area contributed by atoms with Gasteiger partial charge in [0, 0.05) is 23.4 Å². The fourth-order valence-corrected chi connectivity index (χ4v) is 1.60. The third kappa shape index (κ3) is 2.85. The van der Waals surface area contributed by atoms with Crippen molar-refractivity contribution in [1.29, 1.82) is 0 Å². The van der Waals surface area contributed by atoms with Gasteiger partial charge in [-0.05, 0) is 24.3 Å². The smallest absolute Gasteiger partial charge is 0.248 e. The number of rotatable bonds is 4. The van der Waals surface area contributed by atoms with Crippen LogP contribution in [0.4, 0.5) is 10.1 Å². The molecule has 0 aliphatic carbocycles. The first kappa shape index (κ1) is 12.1. The summed E-state index contributed by atoms with van der Waals surface area (Å²) in [5, 5.41) is 3.09. The van der Waals surface area contributed by atoms with Crippen LogP contribution in [0, 0.1) is 5.82 Å². The van der Waals surface area contributed by atoms with E-state index in [0.29, 0.717) is 12.1 Å². The number of halogens is 1. The van der Waals surface area contributed by atoms with E-state index in [2.05, 4.69) is 5.32 Å². The molecule has 0 spiro atoms. The molecule has 1 amide bonds. The standard InChI is InChI=1S/C14H13FN2O/c15-13-8-10(14(16)18)6-7-11(13)9-17-12-4-2-1-3-5-12/h1-8,17H,9H2,(H2,16,18). The zero-order chi connectivity index (χ0) is 13.0. The molecule has 0 fully saturated rings. The summed E-state index contributed by atoms with van der Waals surface area (Å²) in [6, 6.07) is 13.7. The highest BCUT2D eigenvalue weighted by molar-refractivity contribution is 5.92. The summed E-state index contributed by atoms with van der Waals surface area (Å²) in [5.74, 6) is -1.06. The molecule has 4 heteroatoms. The number of benzene rings is 2. The van der Waals surface area contributed by atoms with E-state index in [1.807, 2.05) is 30.3 Å². The van der Waals surface area contributed by atoms with Crippen molar-refractivity contribution in [3.63, 3.8) is 0 Å². The summed E-state index contributed by atoms with van der Waals surface area (Å²) in [6.07, 6.45) is 0. The molecule has 2 rings (SSSR count). The van der Waals surface area contributed by atoms with E-state index in [-0.39, 0.29) is 5.56 Å². The van der Waals surface area contributed by atoms with Crippen molar-refractivity contribution in [3.8, 4) is 0 Å². The van der Waals surface area contributed by atoms with E-state index >= 15 is 0 Å². The molecule has 0 radical (unpaired) electrons. The molecule has 3 nitrogen and oxygen atoms in total. The van der Waals surface area contributed by atoms with E-state index in [1.54, 1.807) is 6.07 Å². The van der Waals surface area contributed by atoms with Gasteiger partial charge in [-0.2, -0.15) is 0 Å². The number of nitrogens with two attached hydrogens (primary N) is 1. The van der Waals surface area contributed by atoms with Gasteiger partial charge in [0.1, 0.15) is 5.82 Å². The molecule has 0 aliphatic rings. The Bertz CT molecular complexity index is 555. The van der Waals surface area contributed by atoms with E-state index in [0.717, 1.165) is 11.8 Å². The molecular formula is C14H13FN2O. The Morgan fingerprint density at radius 2 is 1.89 bits per heavy atom. The number of anilines is 1. The van der Waals surface area contributed by atoms with Crippen LogP contribution < -0.4 is 11.1 Å². The molecule has 0 atom stereocenters. The third-order valence-electron chi connectivity index (χ3n) is 2.59. The maximum absolute atomic E-state index is 13.7. The average molecular weight is 244 g/mol. The van der Waals surface area contributed by atoms with Crippen molar-refractivity contribution in [2.24, 2.45) is 5.73 Å². The van der Waals surface area contributed by atoms with Gasteiger partial charge in [-0.1, -0.05) is 24.3 Å². The molecule has 0 saturated heterocycles. The number of hydrogen-bond acceptors (Lipinski definition) is 2. The Balaban J connectivity index is 2.08. The molecule has 2 aromatic rings. The topological polar surface area (TPSA) is 55.1 Å². The van der Waals surface area contributed by atoms with E-state index in [4.69, 9.17) is 5.73 Å². The largest absolute Gasteiger partial charge is 0.381 e. The number of para-hydroxylation sites is 1. The second kappa shape index (κ2) is 5.31. The number of carbonyl (C=O) groups excluding carboxylic acids is 1. The molecule has 92 valence electrons. The maximum atomic E-state index is 13.7. The monoisotopic (exact) mass is 244 g/mol. The third-order valence-corrected chi connectivity index (χ3v) is 2.59. The second-order valence-corrected chi connectivity index (χ2v) is 3.89. The predicted octanol–water partition coefficient (Wildman–Crippen LogP) is 2.54. The highest BCUT2D eigenvalue weighted by Gasteiger charge is 2.06. The molecule has 0 bridgehead atoms. The molecule has 18 heavy (non-hydrogen) atoms. The van der Waals surface area contributed by atoms with Crippen LogP contribution in [0.5, 0.6) is 0 Å². The van der Waals surface area contributed by atoms with Crippen LogP contribution >= 0.6 is 0 Å². The Morgan fingerprint density at radius 3 is 2.50 bits per heavy atom. The quantitative estimate of drug-likeness (QED) is 0.868. The lowest BCUT2D eigenvalue weighted by Crippen LogP contribution is -2.12. The van der Waals surface area contributed by atoms with Crippen LogP contribution in [0.2, 0.25) is 0 Å². The second-order valence-electron chi connectivity index (χ2n) is 3.89. The first-order valence-electron chi connectivity index (χ1n) is 5.54. The fraction of sp³-hybridized carbons (Fsp3) is 0.0714. The summed E-state index contributed by atoms with van der Waals surface area (Å²) < 4.78 is 13.7. The minimum atomic E-state index is -0.628. The number of primary amides is 1. The van der Waals surface area contributed by atoms with Crippen molar-refractivity contribution in [1.82, 2.24) is 0 Å². The van der Waals surface area contributed by atoms with Gasteiger partial charge in [-0.15, -0.1) is 0 Å². The summed E-state index contributed by atoms with van der Waals surface area (Å²) in [4.78, 5) is 10.9. The van der Waals surface area contributed by atoms with Crippen LogP contribution in [0.25, 0.3) is 0 Å². The SMILES string of the molecule is NC(=O)c1ccc(CNc2ccccc2)c(F)c1. The van der Waals surface area contributed by atoms with E-state index < -0.39 is 11.7 Å². The molecule has 0 aliphatic heterocycles. The molecule has 2 aromatic carbocycles. The lowest BCUT2D eigenvalue weighted by Gasteiger charge is -2.08. The Hall–Kier alpha value is -2.36. The van der Waals surface area contributed by atoms with Crippen molar-refractivity contribution in [3.05, 3.63) is 65.5 Å². The summed E-state index contributed by atoms with van der Waals surface area (Å²) in [6.45, 7) is 0.356. The highest BCUT2D eigenvalue weighted by atomic mass is 19.1. The van der Waals surface area contributed by atoms with Crippen LogP contribution in [-0.4, -0.2) is 5.91 Å². The summed E-state index contributed by atoms with van der Waals surface area (Å²) >= 11 is 0. The average Bonchev–Trinajstić information content (AvgIpc) is 2.38. The van der Waals surface area contributed by atoms with Crippen molar-refractivity contribution >= 4 is 11.6 Å². The fourth-order valence-electron chi connectivity index (χ4n) is 1.60. The van der Waals surface area contributed by atoms with Crippen molar-refractivity contribution in [2.45, 2.75) is 6.54 Å². The van der Waals surface area contributed by atoms with E-state index in [1.165, 1.54) is 6.07 Å². The zero-order valence-corrected chi connectivity index (χ0v) is 9.69. The van der Waals surface area contributed by atoms with Gasteiger partial charge >= 0.3 is 0 Å². The van der Waals surface area contributed by atoms with Crippen LogP contribution in [-0.2, 0) is 6.54 Å². The first-order valence-corrected chi connectivity index (χ1v) is 5.54. The molecule has 0 unspecified atom stereocenters. The van der Waals surface area contributed by atoms with Gasteiger partial charge in [0.05, 0.1) is 0 Å². The van der Waals surface area contributed by atoms with Gasteiger partial charge in [0.15, 0.2) is 0 Å². The Morgan fingerprint density at radius 1 is 1.17 bits per heavy atom. The van der Waals surface area contributed by atoms with Crippen molar-refractivity contribution < 1.29 is 9.18 Å². The molecule has 0 heterocycles. The number of nitrogens with one attached hydrogen (secondary N) is 1. The van der Waals surface area contributed by atoms with Crippen LogP contribution in [0.15, 0.2) is 48.5 Å². The van der Waals surface area contributed by atoms with E-state index in [9.17, 15) is 9.18 Å². The normalized spacial score (nSPS) is 10.1. The minimum absolute atomic E-state index is 0.177. The summed E-state index contributed by atoms with van der Waals surface area (Å²) in [5.41, 5.74) is 6.66. The molecule has 0 aromatic heterocycles. The maximum Gasteiger partial charge on any atom is 0.248 e. The lowest BCUT2D eigenvalue weighted by atomic mass is 10.1. The van der Waals surface area contributed by atoms with Gasteiger partial charge < -0.3 is 11.1 Å². The molecule has 3 N–H and O–H groups in total. The van der Waals surface area contributed by atoms with Gasteiger partial charge in [-0.3, -0.25) is 4.79 Å². The number of hydrogen-bond donors (Lipinski definition) is 2. The van der Waals surface area contributed by atoms with Gasteiger partial charge in [-0.25, -0.2) is 4.39 Å². The minimum Gasteiger partial charge on any atom is -0.381 e. The highest BCUT2D eigenvalue weighted by Crippen LogP contribution is 2.13. The summed E-state index contributed by atoms with van der Waals surface area (Å²) in [7, 11) is 0. The Kier molecular flexibility index (Phi) is 3.57. The van der Waals surface area contributed by atoms with Crippen LogP contribution in [0.3, 0.4) is 0 Å². The van der Waals surface area contributed by atoms with Gasteiger partial charge in [0.2, 0.25) is 5.91 Å². The number of carbonyl (C=O) groups is 1. The van der Waals surface area contributed by atoms with Crippen LogP contribution in [0.1, 0.15) is 15.9 Å². The number of amides is 1. The first-order chi connectivity index (χ1) is 8.66. The molecule has 0 saturated carbocycles.